The van der Waals surface area contributed by atoms with Crippen molar-refractivity contribution in [3.8, 4) is 0 Å². The van der Waals surface area contributed by atoms with Gasteiger partial charge in [-0.1, -0.05) is 200 Å². The average molecular weight is 561 g/mol. The zero-order valence-corrected chi connectivity index (χ0v) is 30.3. The molecule has 0 radical (unpaired) electrons. The van der Waals surface area contributed by atoms with Crippen molar-refractivity contribution in [2.75, 3.05) is 0 Å². The van der Waals surface area contributed by atoms with Crippen molar-refractivity contribution in [1.82, 2.24) is 0 Å². The Balaban J connectivity index is 0. The molecule has 4 aliphatic rings. The number of allylic oxidation sites excluding steroid dienone is 12. The van der Waals surface area contributed by atoms with Crippen LogP contribution in [0.5, 0.6) is 0 Å². The molecule has 0 heterocycles. The fourth-order valence-corrected chi connectivity index (χ4v) is 4.29. The third-order valence-corrected chi connectivity index (χ3v) is 6.11. The molecule has 0 unspecified atom stereocenters. The molecule has 0 bridgehead atoms. The van der Waals surface area contributed by atoms with Gasteiger partial charge in [0.1, 0.15) is 0 Å². The SMILES string of the molecule is CC.CC.CC.CC(C)(C)C.CC(C)(C)C1=CC2=C(CC=C2)C1.CC(C)(C)C1=CCC2=C1C=CC2.c1ccccc1. The minimum Gasteiger partial charge on any atom is -0.0798 e. The van der Waals surface area contributed by atoms with Gasteiger partial charge in [-0.15, -0.1) is 0 Å². The van der Waals surface area contributed by atoms with Crippen molar-refractivity contribution >= 4 is 0 Å². The van der Waals surface area contributed by atoms with Crippen LogP contribution in [0.25, 0.3) is 0 Å². The number of rotatable bonds is 0. The standard InChI is InChI=1S/2C12H16.C6H6.C5H12.3C2H6/c1-12(2,3)11-7-9-5-4-6-10(9)8-11;1-12(2,3)11-8-7-9-5-4-6-10(9)11;1-2-4-6-5-3-1;1-5(2,3)4;3*1-2/h4-5,7H,6,8H2,1-3H3;4,6,8H,5,7H2,1-3H3;1-6H;1-4H3;3*1-2H3. The normalized spacial score (nSPS) is 15.8. The predicted octanol–water partition coefficient (Wildman–Crippen LogP) is 14.1. The summed E-state index contributed by atoms with van der Waals surface area (Å²) in [6.07, 6.45) is 18.6. The molecular weight excluding hydrogens is 492 g/mol. The van der Waals surface area contributed by atoms with E-state index in [1.165, 1.54) is 36.8 Å². The van der Waals surface area contributed by atoms with Gasteiger partial charge in [-0.3, -0.25) is 0 Å². The van der Waals surface area contributed by atoms with Gasteiger partial charge < -0.3 is 0 Å². The van der Waals surface area contributed by atoms with E-state index in [9.17, 15) is 0 Å². The Kier molecular flexibility index (Phi) is 20.4. The number of hydrogen-bond acceptors (Lipinski definition) is 0. The Morgan fingerprint density at radius 2 is 0.927 bits per heavy atom. The summed E-state index contributed by atoms with van der Waals surface area (Å²) in [5.41, 5.74) is 10.6. The summed E-state index contributed by atoms with van der Waals surface area (Å²) in [6.45, 7) is 34.5. The Bertz CT molecular complexity index is 978. The first kappa shape index (κ1) is 40.8. The minimum atomic E-state index is 0.325. The first-order chi connectivity index (χ1) is 19.2. The quantitative estimate of drug-likeness (QED) is 0.296. The molecule has 0 saturated heterocycles. The molecule has 0 nitrogen and oxygen atoms in total. The van der Waals surface area contributed by atoms with E-state index in [0.717, 1.165) is 0 Å². The molecule has 0 amide bonds. The maximum absolute atomic E-state index is 2.40. The molecule has 0 saturated carbocycles. The highest BCUT2D eigenvalue weighted by molar-refractivity contribution is 5.55. The molecular formula is C41H68. The second kappa shape index (κ2) is 20.5. The van der Waals surface area contributed by atoms with Crippen LogP contribution in [0.1, 0.15) is 136 Å². The van der Waals surface area contributed by atoms with Gasteiger partial charge >= 0.3 is 0 Å². The third-order valence-electron chi connectivity index (χ3n) is 6.11. The summed E-state index contributed by atoms with van der Waals surface area (Å²) in [5.74, 6) is 0. The van der Waals surface area contributed by atoms with E-state index < -0.39 is 0 Å². The van der Waals surface area contributed by atoms with Crippen LogP contribution in [0, 0.1) is 16.2 Å². The zero-order valence-electron chi connectivity index (χ0n) is 30.3. The summed E-state index contributed by atoms with van der Waals surface area (Å²) in [7, 11) is 0. The molecule has 0 aliphatic heterocycles. The lowest BCUT2D eigenvalue weighted by molar-refractivity contribution is 0.469. The molecule has 1 aromatic rings. The lowest BCUT2D eigenvalue weighted by atomic mass is 9.83. The van der Waals surface area contributed by atoms with Crippen LogP contribution in [-0.4, -0.2) is 0 Å². The van der Waals surface area contributed by atoms with Crippen molar-refractivity contribution in [1.29, 1.82) is 0 Å². The van der Waals surface area contributed by atoms with E-state index in [2.05, 4.69) is 106 Å². The summed E-state index contributed by atoms with van der Waals surface area (Å²) < 4.78 is 0. The van der Waals surface area contributed by atoms with Crippen LogP contribution in [0.15, 0.2) is 106 Å². The molecule has 232 valence electrons. The highest BCUT2D eigenvalue weighted by Gasteiger charge is 2.26. The lowest BCUT2D eigenvalue weighted by Crippen LogP contribution is -2.08. The molecule has 0 heteroatoms. The number of benzene rings is 1. The molecule has 5 rings (SSSR count). The summed E-state index contributed by atoms with van der Waals surface area (Å²) in [6, 6.07) is 12.0. The molecule has 0 fully saturated rings. The van der Waals surface area contributed by atoms with Gasteiger partial charge in [0, 0.05) is 0 Å². The first-order valence-electron chi connectivity index (χ1n) is 16.4. The maximum Gasteiger partial charge on any atom is -0.00877 e. The van der Waals surface area contributed by atoms with Crippen LogP contribution < -0.4 is 0 Å². The third kappa shape index (κ3) is 17.3. The predicted molar refractivity (Wildman–Crippen MR) is 191 cm³/mol. The van der Waals surface area contributed by atoms with Gasteiger partial charge in [0.2, 0.25) is 0 Å². The minimum absolute atomic E-state index is 0.325. The van der Waals surface area contributed by atoms with E-state index in [1.807, 2.05) is 77.9 Å². The maximum atomic E-state index is 2.40. The van der Waals surface area contributed by atoms with Crippen LogP contribution in [0.4, 0.5) is 0 Å². The lowest BCUT2D eigenvalue weighted by Gasteiger charge is -2.21. The topological polar surface area (TPSA) is 0 Å². The molecule has 0 N–H and O–H groups in total. The summed E-state index contributed by atoms with van der Waals surface area (Å²) in [4.78, 5) is 0. The van der Waals surface area contributed by atoms with E-state index in [-0.39, 0.29) is 0 Å². The molecule has 0 aromatic heterocycles. The fourth-order valence-electron chi connectivity index (χ4n) is 4.29. The van der Waals surface area contributed by atoms with Crippen LogP contribution in [0.2, 0.25) is 0 Å². The van der Waals surface area contributed by atoms with Gasteiger partial charge in [-0.05, 0) is 58.6 Å². The van der Waals surface area contributed by atoms with Crippen molar-refractivity contribution in [2.45, 2.75) is 136 Å². The summed E-state index contributed by atoms with van der Waals surface area (Å²) in [5, 5.41) is 0. The fraction of sp³-hybridized carbons (Fsp3) is 0.561. The van der Waals surface area contributed by atoms with E-state index >= 15 is 0 Å². The second-order valence-electron chi connectivity index (χ2n) is 13.6. The zero-order chi connectivity index (χ0) is 32.3. The highest BCUT2D eigenvalue weighted by Crippen LogP contribution is 2.43. The average Bonchev–Trinajstić information content (AvgIpc) is 3.69. The van der Waals surface area contributed by atoms with Crippen molar-refractivity contribution < 1.29 is 0 Å². The van der Waals surface area contributed by atoms with Gasteiger partial charge in [-0.2, -0.15) is 0 Å². The van der Waals surface area contributed by atoms with Gasteiger partial charge in [0.05, 0.1) is 0 Å². The van der Waals surface area contributed by atoms with Crippen molar-refractivity contribution in [3.63, 3.8) is 0 Å². The Hall–Kier alpha value is -2.34. The van der Waals surface area contributed by atoms with E-state index in [1.54, 1.807) is 22.3 Å². The molecule has 4 aliphatic carbocycles. The van der Waals surface area contributed by atoms with Gasteiger partial charge in [0.15, 0.2) is 0 Å². The Morgan fingerprint density at radius 3 is 1.32 bits per heavy atom. The molecule has 41 heavy (non-hydrogen) atoms. The second-order valence-corrected chi connectivity index (χ2v) is 13.6. The highest BCUT2D eigenvalue weighted by atomic mass is 14.3. The molecule has 1 aromatic carbocycles. The Morgan fingerprint density at radius 1 is 0.512 bits per heavy atom. The van der Waals surface area contributed by atoms with Crippen molar-refractivity contribution in [3.05, 3.63) is 106 Å². The molecule has 0 spiro atoms. The van der Waals surface area contributed by atoms with E-state index in [4.69, 9.17) is 0 Å². The monoisotopic (exact) mass is 561 g/mol. The van der Waals surface area contributed by atoms with Crippen molar-refractivity contribution in [2.24, 2.45) is 16.2 Å². The van der Waals surface area contributed by atoms with E-state index in [0.29, 0.717) is 16.2 Å². The number of hydrogen-bond donors (Lipinski definition) is 0. The van der Waals surface area contributed by atoms with Gasteiger partial charge in [-0.25, -0.2) is 0 Å². The van der Waals surface area contributed by atoms with Gasteiger partial charge in [0.25, 0.3) is 0 Å². The van der Waals surface area contributed by atoms with Crippen LogP contribution in [0.3, 0.4) is 0 Å². The smallest absolute Gasteiger partial charge is 0.00877 e. The Labute approximate surface area is 258 Å². The van der Waals surface area contributed by atoms with Crippen LogP contribution >= 0.6 is 0 Å². The largest absolute Gasteiger partial charge is 0.0798 e. The molecule has 0 atom stereocenters. The summed E-state index contributed by atoms with van der Waals surface area (Å²) >= 11 is 0. The first-order valence-corrected chi connectivity index (χ1v) is 16.4. The van der Waals surface area contributed by atoms with Crippen LogP contribution in [-0.2, 0) is 0 Å².